The highest BCUT2D eigenvalue weighted by Gasteiger charge is 2.29. The molecule has 0 radical (unpaired) electrons. The molecule has 7 nitrogen and oxygen atoms in total. The fraction of sp³-hybridized carbons (Fsp3) is 0.438. The maximum absolute atomic E-state index is 12.8. The van der Waals surface area contributed by atoms with Gasteiger partial charge in [-0.1, -0.05) is 12.1 Å². The van der Waals surface area contributed by atoms with E-state index in [1.807, 2.05) is 11.8 Å². The predicted molar refractivity (Wildman–Crippen MR) is 87.4 cm³/mol. The molecule has 1 aliphatic heterocycles. The van der Waals surface area contributed by atoms with Gasteiger partial charge in [-0.25, -0.2) is 4.68 Å². The summed E-state index contributed by atoms with van der Waals surface area (Å²) in [6.07, 6.45) is 3.75. The van der Waals surface area contributed by atoms with Crippen molar-refractivity contribution < 1.29 is 19.1 Å². The molecule has 2 aromatic rings. The first kappa shape index (κ1) is 16.6. The summed E-state index contributed by atoms with van der Waals surface area (Å²) in [5.74, 6) is 2.17. The third kappa shape index (κ3) is 4.19. The van der Waals surface area contributed by atoms with Gasteiger partial charge >= 0.3 is 0 Å². The Morgan fingerprint density at radius 1 is 1.42 bits per heavy atom. The Balaban J connectivity index is 1.77. The minimum atomic E-state index is -0.591. The van der Waals surface area contributed by atoms with Crippen LogP contribution in [0, 0.1) is 5.41 Å². The molecular formula is C16H20N4O3S. The van der Waals surface area contributed by atoms with Crippen molar-refractivity contribution in [1.29, 1.82) is 5.41 Å². The van der Waals surface area contributed by atoms with Crippen LogP contribution in [0.1, 0.15) is 24.4 Å². The zero-order valence-electron chi connectivity index (χ0n) is 13.1. The number of hydrogen-bond donors (Lipinski definition) is 3. The van der Waals surface area contributed by atoms with E-state index in [1.54, 1.807) is 24.3 Å². The first-order chi connectivity index (χ1) is 11.6. The third-order valence-corrected chi connectivity index (χ3v) is 5.09. The number of phenolic OH excluding ortho intramolecular Hbond substituents is 1. The average molecular weight is 348 g/mol. The summed E-state index contributed by atoms with van der Waals surface area (Å²) in [5, 5.41) is 23.8. The van der Waals surface area contributed by atoms with Crippen molar-refractivity contribution in [1.82, 2.24) is 10.6 Å². The zero-order valence-corrected chi connectivity index (χ0v) is 14.0. The third-order valence-electron chi connectivity index (χ3n) is 4.04. The van der Waals surface area contributed by atoms with E-state index in [1.165, 1.54) is 10.9 Å². The SMILES string of the molecule is N=c1c[n+](C(Cc2ccc(O)cc2)C(=O)NC2CCSCC2)[n-]o1. The Morgan fingerprint density at radius 2 is 2.12 bits per heavy atom. The van der Waals surface area contributed by atoms with Gasteiger partial charge < -0.3 is 14.9 Å². The highest BCUT2D eigenvalue weighted by atomic mass is 32.2. The minimum Gasteiger partial charge on any atom is -0.508 e. The Bertz CT molecular complexity index is 734. The quantitative estimate of drug-likeness (QED) is 0.683. The molecule has 1 fully saturated rings. The van der Waals surface area contributed by atoms with E-state index in [0.29, 0.717) is 6.42 Å². The Labute approximate surface area is 143 Å². The van der Waals surface area contributed by atoms with E-state index in [2.05, 4.69) is 10.6 Å². The first-order valence-corrected chi connectivity index (χ1v) is 9.03. The van der Waals surface area contributed by atoms with Crippen LogP contribution in [0.4, 0.5) is 0 Å². The standard InChI is InChI=1S/C16H20N4O3S/c17-15-10-20(19-23-15)14(9-11-1-3-13(21)4-2-11)16(22)18-12-5-7-24-8-6-12/h1-4,10,12,14,17,21H,5-9H2,(H,18,22). The molecule has 0 spiro atoms. The highest BCUT2D eigenvalue weighted by Crippen LogP contribution is 2.18. The van der Waals surface area contributed by atoms with Crippen molar-refractivity contribution in [2.45, 2.75) is 31.3 Å². The molecule has 1 saturated heterocycles. The molecule has 1 amide bonds. The van der Waals surface area contributed by atoms with Gasteiger partial charge in [-0.3, -0.25) is 15.5 Å². The van der Waals surface area contributed by atoms with Crippen LogP contribution in [-0.4, -0.2) is 28.6 Å². The van der Waals surface area contributed by atoms with E-state index >= 15 is 0 Å². The zero-order chi connectivity index (χ0) is 16.9. The molecule has 1 aromatic heterocycles. The van der Waals surface area contributed by atoms with Gasteiger partial charge in [0.25, 0.3) is 11.5 Å². The van der Waals surface area contributed by atoms with Crippen LogP contribution >= 0.6 is 11.8 Å². The van der Waals surface area contributed by atoms with Crippen molar-refractivity contribution >= 4 is 17.7 Å². The Hall–Kier alpha value is -2.22. The molecular weight excluding hydrogens is 328 g/mol. The molecule has 0 aliphatic carbocycles. The number of aromatic hydroxyl groups is 1. The van der Waals surface area contributed by atoms with E-state index in [4.69, 9.17) is 9.93 Å². The van der Waals surface area contributed by atoms with Gasteiger partial charge in [0.15, 0.2) is 0 Å². The second-order valence-corrected chi connectivity index (χ2v) is 7.05. The van der Waals surface area contributed by atoms with Crippen LogP contribution in [0.25, 0.3) is 0 Å². The Morgan fingerprint density at radius 3 is 2.75 bits per heavy atom. The molecule has 1 aliphatic rings. The topological polar surface area (TPSA) is 104 Å². The molecule has 1 unspecified atom stereocenters. The van der Waals surface area contributed by atoms with Crippen LogP contribution in [0.2, 0.25) is 0 Å². The number of benzene rings is 1. The number of nitrogens with one attached hydrogen (secondary N) is 2. The number of nitrogens with zero attached hydrogens (tertiary/aromatic N) is 2. The summed E-state index contributed by atoms with van der Waals surface area (Å²) in [7, 11) is 0. The number of thioether (sulfide) groups is 1. The van der Waals surface area contributed by atoms with E-state index in [0.717, 1.165) is 29.9 Å². The summed E-state index contributed by atoms with van der Waals surface area (Å²) < 4.78 is 6.19. The maximum atomic E-state index is 12.8. The van der Waals surface area contributed by atoms with Crippen molar-refractivity contribution in [2.24, 2.45) is 0 Å². The van der Waals surface area contributed by atoms with Crippen molar-refractivity contribution in [3.63, 3.8) is 0 Å². The summed E-state index contributed by atoms with van der Waals surface area (Å²) >= 11 is 1.91. The van der Waals surface area contributed by atoms with Crippen LogP contribution in [0.3, 0.4) is 0 Å². The summed E-state index contributed by atoms with van der Waals surface area (Å²) in [6.45, 7) is 0. The number of carbonyl (C=O) groups is 1. The number of phenols is 1. The van der Waals surface area contributed by atoms with Crippen molar-refractivity contribution in [3.8, 4) is 5.75 Å². The molecule has 2 heterocycles. The van der Waals surface area contributed by atoms with Crippen LogP contribution in [0.15, 0.2) is 35.0 Å². The lowest BCUT2D eigenvalue weighted by Crippen LogP contribution is -2.53. The molecule has 3 rings (SSSR count). The van der Waals surface area contributed by atoms with Gasteiger partial charge in [0.05, 0.1) is 0 Å². The first-order valence-electron chi connectivity index (χ1n) is 7.87. The van der Waals surface area contributed by atoms with Crippen LogP contribution < -0.4 is 20.8 Å². The summed E-state index contributed by atoms with van der Waals surface area (Å²) in [4.78, 5) is 12.8. The molecule has 0 saturated carbocycles. The molecule has 0 bridgehead atoms. The van der Waals surface area contributed by atoms with Crippen LogP contribution in [-0.2, 0) is 11.2 Å². The fourth-order valence-corrected chi connectivity index (χ4v) is 3.81. The second-order valence-electron chi connectivity index (χ2n) is 5.83. The number of hydrogen-bond acceptors (Lipinski definition) is 5. The molecule has 128 valence electrons. The molecule has 1 aromatic carbocycles. The number of rotatable bonds is 5. The Kier molecular flexibility index (Phi) is 5.24. The maximum Gasteiger partial charge on any atom is 0.289 e. The average Bonchev–Trinajstić information content (AvgIpc) is 3.01. The molecule has 8 heteroatoms. The largest absolute Gasteiger partial charge is 0.508 e. The van der Waals surface area contributed by atoms with E-state index in [9.17, 15) is 9.90 Å². The van der Waals surface area contributed by atoms with Crippen molar-refractivity contribution in [3.05, 3.63) is 41.6 Å². The highest BCUT2D eigenvalue weighted by molar-refractivity contribution is 7.99. The normalized spacial score (nSPS) is 16.7. The van der Waals surface area contributed by atoms with Crippen LogP contribution in [0.5, 0.6) is 5.75 Å². The van der Waals surface area contributed by atoms with E-state index < -0.39 is 6.04 Å². The summed E-state index contributed by atoms with van der Waals surface area (Å²) in [6, 6.07) is 6.32. The van der Waals surface area contributed by atoms with Gasteiger partial charge in [-0.2, -0.15) is 11.8 Å². The minimum absolute atomic E-state index is 0.0902. The second kappa shape index (κ2) is 7.57. The number of aromatic nitrogens is 2. The smallest absolute Gasteiger partial charge is 0.289 e. The molecule has 24 heavy (non-hydrogen) atoms. The summed E-state index contributed by atoms with van der Waals surface area (Å²) in [5.41, 5.74) is 0.807. The molecule has 1 atom stereocenters. The van der Waals surface area contributed by atoms with Crippen molar-refractivity contribution in [2.75, 3.05) is 11.5 Å². The lowest BCUT2D eigenvalue weighted by molar-refractivity contribution is -0.778. The predicted octanol–water partition coefficient (Wildman–Crippen LogP) is 0.505. The van der Waals surface area contributed by atoms with Gasteiger partial charge in [0, 0.05) is 12.5 Å². The van der Waals surface area contributed by atoms with E-state index in [-0.39, 0.29) is 23.3 Å². The number of carbonyl (C=O) groups excluding carboxylic acids is 1. The van der Waals surface area contributed by atoms with Gasteiger partial charge in [0.2, 0.25) is 12.2 Å². The molecule has 3 N–H and O–H groups in total. The number of amides is 1. The van der Waals surface area contributed by atoms with Gasteiger partial charge in [-0.15, -0.1) is 0 Å². The monoisotopic (exact) mass is 348 g/mol. The lowest BCUT2D eigenvalue weighted by Gasteiger charge is -2.24. The van der Waals surface area contributed by atoms with Gasteiger partial charge in [-0.05, 0) is 42.0 Å². The lowest BCUT2D eigenvalue weighted by atomic mass is 10.0. The fourth-order valence-electron chi connectivity index (χ4n) is 2.71. The van der Waals surface area contributed by atoms with Gasteiger partial charge in [0.1, 0.15) is 5.75 Å².